The third-order valence-electron chi connectivity index (χ3n) is 23.0. The second-order valence-electron chi connectivity index (χ2n) is 34.6. The number of rotatable bonds is 12. The zero-order chi connectivity index (χ0) is 80.2. The highest BCUT2D eigenvalue weighted by Gasteiger charge is 2.42. The van der Waals surface area contributed by atoms with Crippen molar-refractivity contribution in [3.8, 4) is 0 Å². The molecule has 0 saturated carbocycles. The number of aromatic carboxylic acids is 1. The molecule has 0 atom stereocenters. The van der Waals surface area contributed by atoms with Crippen LogP contribution in [-0.4, -0.2) is 103 Å². The van der Waals surface area contributed by atoms with E-state index in [9.17, 15) is 19.2 Å². The summed E-state index contributed by atoms with van der Waals surface area (Å²) in [6.07, 6.45) is 21.8. The Kier molecular flexibility index (Phi) is 25.9. The largest absolute Gasteiger partial charge is 0.478 e. The summed E-state index contributed by atoms with van der Waals surface area (Å²) < 4.78 is 15.1. The van der Waals surface area contributed by atoms with Gasteiger partial charge in [0, 0.05) is 84.9 Å². The molecule has 4 aliphatic rings. The lowest BCUT2D eigenvalue weighted by Crippen LogP contribution is -2.34. The number of ether oxygens (including phenoxy) is 3. The van der Waals surface area contributed by atoms with Gasteiger partial charge in [-0.3, -0.25) is 0 Å². The van der Waals surface area contributed by atoms with Gasteiger partial charge >= 0.3 is 23.9 Å². The van der Waals surface area contributed by atoms with Gasteiger partial charge in [0.05, 0.1) is 43.6 Å². The highest BCUT2D eigenvalue weighted by atomic mass is 79.9. The number of carboxylic acid groups (broad SMARTS) is 1. The minimum absolute atomic E-state index is 0.0971. The van der Waals surface area contributed by atoms with E-state index in [2.05, 4.69) is 271 Å². The van der Waals surface area contributed by atoms with Crippen LogP contribution in [0.3, 0.4) is 0 Å². The third-order valence-corrected chi connectivity index (χ3v) is 23.8. The molecule has 108 heavy (non-hydrogen) atoms. The van der Waals surface area contributed by atoms with E-state index in [4.69, 9.17) is 20.3 Å². The van der Waals surface area contributed by atoms with Gasteiger partial charge in [-0.25, -0.2) is 59.0 Å². The molecule has 578 valence electrons. The Hall–Kier alpha value is -9.04. The minimum Gasteiger partial charge on any atom is -0.478 e. The first kappa shape index (κ1) is 84.6. The van der Waals surface area contributed by atoms with Crippen LogP contribution >= 0.6 is 15.9 Å². The molecule has 12 rings (SSSR count). The van der Waals surface area contributed by atoms with Gasteiger partial charge in [0.25, 0.3) is 0 Å². The molecule has 0 spiro atoms. The average molecular weight is 1540 g/mol. The Morgan fingerprint density at radius 2 is 0.648 bits per heavy atom. The van der Waals surface area contributed by atoms with Gasteiger partial charge in [-0.2, -0.15) is 0 Å². The Balaban J connectivity index is 0.000000175. The van der Waals surface area contributed by atoms with E-state index in [1.165, 1.54) is 187 Å². The van der Waals surface area contributed by atoms with Crippen LogP contribution in [0.15, 0.2) is 103 Å². The van der Waals surface area contributed by atoms with Crippen LogP contribution in [0.5, 0.6) is 0 Å². The van der Waals surface area contributed by atoms with Crippen molar-refractivity contribution in [2.75, 3.05) is 50.0 Å². The van der Waals surface area contributed by atoms with Gasteiger partial charge in [0.15, 0.2) is 0 Å². The number of halogens is 1. The van der Waals surface area contributed by atoms with Crippen molar-refractivity contribution in [3.05, 3.63) is 203 Å². The molecule has 0 bridgehead atoms. The summed E-state index contributed by atoms with van der Waals surface area (Å²) in [6.45, 7) is 51.7. The number of methoxy groups -OCH3 is 3. The van der Waals surface area contributed by atoms with E-state index in [1.54, 1.807) is 5.56 Å². The molecule has 3 N–H and O–H groups in total. The lowest BCUT2D eigenvalue weighted by atomic mass is 9.62. The zero-order valence-corrected chi connectivity index (χ0v) is 70.3. The standard InChI is InChI=1S/C23H31N3O2.C22H29N3O2.C22H28N2O2.C15H21Br.C6H7N3O2/c1-8-26(21-24-13-16(14-25-21)20(27)28-7)19-12-18-17(11-15(19)2)22(3,4)9-10-23(18,5)6;1-7-25(20-23-12-15(13-24-20)19(26)27)18-11-17-16(10-14(18)2)21(3,4)8-9-22(17,5)6;1-14-9-17-18(22(4,5)8-7-21(17,2)3)10-15(14)11-19-23-12-16(13-24-19)20(25)26-6;1-10-8-11-12(9-13(10)16)15(4,5)7-6-14(11,2)3;1-11-5(10)4-2-8-6(7)9-3-4/h11-14H,8-10H2,1-7H3;10-13H,7-9H2,1-6H3,(H,26,27);9-10,12-13H,7-8,11H2,1-6H3;8-9H,6-7H2,1-5H3;2-3H,1H3,(H2,7,8,9). The van der Waals surface area contributed by atoms with E-state index in [-0.39, 0.29) is 44.0 Å². The van der Waals surface area contributed by atoms with Crippen LogP contribution in [0.1, 0.15) is 296 Å². The van der Waals surface area contributed by atoms with Crippen molar-refractivity contribution >= 4 is 69.0 Å². The first-order chi connectivity index (χ1) is 50.3. The fourth-order valence-corrected chi connectivity index (χ4v) is 15.5. The Morgan fingerprint density at radius 1 is 0.389 bits per heavy atom. The summed E-state index contributed by atoms with van der Waals surface area (Å²) >= 11 is 3.66. The number of hydrogen-bond donors (Lipinski definition) is 2. The summed E-state index contributed by atoms with van der Waals surface area (Å²) in [5, 5.41) is 9.08. The molecule has 0 fully saturated rings. The highest BCUT2D eigenvalue weighted by Crippen LogP contribution is 2.52. The van der Waals surface area contributed by atoms with Crippen LogP contribution < -0.4 is 15.5 Å². The van der Waals surface area contributed by atoms with Gasteiger partial charge in [0.2, 0.25) is 17.8 Å². The SMILES string of the molecule is CCN(c1ncc(C(=O)O)cn1)c1cc2c(cc1C)C(C)(C)CCC2(C)C.CCN(c1ncc(C(=O)OC)cn1)c1cc2c(cc1C)C(C)(C)CCC2(C)C.COC(=O)c1cnc(Cc2cc3c(cc2C)C(C)(C)CCC3(C)C)nc1.COC(=O)c1cnc(N)nc1.Cc1cc2c(cc1Br)C(C)(C)CCC2(C)C. The average Bonchev–Trinajstić information content (AvgIpc) is 0.761. The second kappa shape index (κ2) is 33.0. The number of aryl methyl sites for hydroxylation is 4. The van der Waals surface area contributed by atoms with Crippen molar-refractivity contribution in [2.24, 2.45) is 0 Å². The normalized spacial score (nSPS) is 17.1. The molecule has 0 aliphatic heterocycles. The first-order valence-corrected chi connectivity index (χ1v) is 38.4. The van der Waals surface area contributed by atoms with Crippen molar-refractivity contribution in [2.45, 2.75) is 253 Å². The molecule has 4 aliphatic carbocycles. The van der Waals surface area contributed by atoms with Crippen LogP contribution in [0.4, 0.5) is 29.2 Å². The number of benzene rings is 4. The highest BCUT2D eigenvalue weighted by molar-refractivity contribution is 9.10. The van der Waals surface area contributed by atoms with E-state index in [0.29, 0.717) is 58.2 Å². The molecular weight excluding hydrogens is 1420 g/mol. The molecule has 4 aromatic heterocycles. The molecule has 0 unspecified atom stereocenters. The van der Waals surface area contributed by atoms with E-state index in [0.717, 1.165) is 24.3 Å². The molecule has 4 heterocycles. The number of carbonyl (C=O) groups excluding carboxylic acids is 3. The predicted octanol–water partition coefficient (Wildman–Crippen LogP) is 19.5. The fraction of sp³-hybridized carbons (Fsp3) is 0.500. The van der Waals surface area contributed by atoms with Gasteiger partial charge in [-0.05, 0) is 227 Å². The molecular formula is C88H116BrN11O8. The van der Waals surface area contributed by atoms with Crippen LogP contribution in [0.2, 0.25) is 0 Å². The van der Waals surface area contributed by atoms with Gasteiger partial charge in [0.1, 0.15) is 5.82 Å². The van der Waals surface area contributed by atoms with Crippen molar-refractivity contribution in [3.63, 3.8) is 0 Å². The molecule has 0 amide bonds. The number of esters is 3. The monoisotopic (exact) mass is 1530 g/mol. The fourth-order valence-electron chi connectivity index (χ4n) is 15.2. The third kappa shape index (κ3) is 19.0. The molecule has 4 aromatic carbocycles. The molecule has 0 radical (unpaired) electrons. The maximum atomic E-state index is 11.7. The summed E-state index contributed by atoms with van der Waals surface area (Å²) in [6, 6.07) is 18.7. The number of hydrogen-bond acceptors (Lipinski definition) is 18. The van der Waals surface area contributed by atoms with Crippen LogP contribution in [0.25, 0.3) is 0 Å². The predicted molar refractivity (Wildman–Crippen MR) is 435 cm³/mol. The van der Waals surface area contributed by atoms with Crippen LogP contribution in [-0.2, 0) is 64.0 Å². The van der Waals surface area contributed by atoms with E-state index in [1.807, 2.05) is 0 Å². The lowest BCUT2D eigenvalue weighted by Gasteiger charge is -2.43. The summed E-state index contributed by atoms with van der Waals surface area (Å²) in [5.74, 6) is -0.353. The zero-order valence-electron chi connectivity index (χ0n) is 68.7. The number of carboxylic acids is 1. The van der Waals surface area contributed by atoms with Crippen molar-refractivity contribution in [1.29, 1.82) is 0 Å². The maximum Gasteiger partial charge on any atom is 0.341 e. The Bertz CT molecular complexity index is 4540. The number of nitrogens with two attached hydrogens (primary N) is 1. The topological polar surface area (TPSA) is 252 Å². The Morgan fingerprint density at radius 3 is 0.954 bits per heavy atom. The number of aromatic nitrogens is 8. The van der Waals surface area contributed by atoms with Gasteiger partial charge in [-0.1, -0.05) is 157 Å². The summed E-state index contributed by atoms with van der Waals surface area (Å²) in [7, 11) is 4.00. The molecule has 8 aromatic rings. The molecule has 20 heteroatoms. The first-order valence-electron chi connectivity index (χ1n) is 37.6. The number of carbonyl (C=O) groups is 4. The summed E-state index contributed by atoms with van der Waals surface area (Å²) in [5.41, 5.74) is 28.1. The number of nitrogen functional groups attached to an aromatic ring is 1. The number of nitrogens with zero attached hydrogens (tertiary/aromatic N) is 10. The quantitative estimate of drug-likeness (QED) is 0.0851. The van der Waals surface area contributed by atoms with E-state index >= 15 is 0 Å². The van der Waals surface area contributed by atoms with E-state index < -0.39 is 23.9 Å². The van der Waals surface area contributed by atoms with Crippen LogP contribution in [0, 0.1) is 27.7 Å². The smallest absolute Gasteiger partial charge is 0.341 e. The second-order valence-corrected chi connectivity index (χ2v) is 35.5. The molecule has 0 saturated heterocycles. The number of fused-ring (bicyclic) bond motifs is 4. The van der Waals surface area contributed by atoms with Crippen molar-refractivity contribution < 1.29 is 38.5 Å². The minimum atomic E-state index is -1.02. The van der Waals surface area contributed by atoms with Gasteiger partial charge < -0.3 is 34.9 Å². The maximum absolute atomic E-state index is 11.7. The van der Waals surface area contributed by atoms with Crippen molar-refractivity contribution in [1.82, 2.24) is 39.9 Å². The Labute approximate surface area is 650 Å². The number of anilines is 5. The molecule has 19 nitrogen and oxygen atoms in total. The summed E-state index contributed by atoms with van der Waals surface area (Å²) in [4.78, 5) is 82.6. The lowest BCUT2D eigenvalue weighted by molar-refractivity contribution is 0.0590. The van der Waals surface area contributed by atoms with Gasteiger partial charge in [-0.15, -0.1) is 0 Å².